The Labute approximate surface area is 112 Å². The maximum absolute atomic E-state index is 4.10. The molecule has 0 radical (unpaired) electrons. The third-order valence-corrected chi connectivity index (χ3v) is 3.37. The van der Waals surface area contributed by atoms with Crippen molar-refractivity contribution in [2.45, 2.75) is 32.7 Å². The van der Waals surface area contributed by atoms with Crippen LogP contribution in [0.25, 0.3) is 0 Å². The summed E-state index contributed by atoms with van der Waals surface area (Å²) in [6.07, 6.45) is 2.09. The van der Waals surface area contributed by atoms with E-state index in [1.807, 2.05) is 0 Å². The minimum absolute atomic E-state index is 0.409. The predicted octanol–water partition coefficient (Wildman–Crippen LogP) is 4.30. The number of hydrogen-bond donors (Lipinski definition) is 1. The summed E-state index contributed by atoms with van der Waals surface area (Å²) in [5, 5.41) is 3.53. The summed E-state index contributed by atoms with van der Waals surface area (Å²) >= 11 is 2.36. The van der Waals surface area contributed by atoms with Crippen LogP contribution >= 0.6 is 22.6 Å². The molecule has 0 aromatic heterocycles. The number of rotatable bonds is 6. The van der Waals surface area contributed by atoms with Gasteiger partial charge in [0.05, 0.1) is 0 Å². The third kappa shape index (κ3) is 4.26. The van der Waals surface area contributed by atoms with E-state index in [9.17, 15) is 0 Å². The van der Waals surface area contributed by atoms with Crippen LogP contribution in [0.3, 0.4) is 0 Å². The van der Waals surface area contributed by atoms with E-state index in [1.165, 1.54) is 14.7 Å². The van der Waals surface area contributed by atoms with Crippen molar-refractivity contribution in [1.29, 1.82) is 0 Å². The molecular weight excluding hydrogens is 309 g/mol. The highest BCUT2D eigenvalue weighted by molar-refractivity contribution is 14.1. The molecule has 0 saturated carbocycles. The summed E-state index contributed by atoms with van der Waals surface area (Å²) in [5.74, 6) is 0. The Morgan fingerprint density at radius 1 is 1.44 bits per heavy atom. The molecular formula is C14H20IN. The number of benzene rings is 1. The first kappa shape index (κ1) is 13.7. The largest absolute Gasteiger partial charge is 0.310 e. The van der Waals surface area contributed by atoms with Crippen LogP contribution in [0.2, 0.25) is 0 Å². The standard InChI is InChI=1S/C14H20IN/c1-4-11(3)9-14(16-5-2)12-7-6-8-13(15)10-12/h6-8,10,14,16H,3-5,9H2,1-2H3. The average Bonchev–Trinajstić information content (AvgIpc) is 2.28. The molecule has 1 aromatic carbocycles. The van der Waals surface area contributed by atoms with Gasteiger partial charge in [0, 0.05) is 9.61 Å². The number of halogens is 1. The second kappa shape index (κ2) is 7.07. The van der Waals surface area contributed by atoms with Crippen molar-refractivity contribution in [3.8, 4) is 0 Å². The molecule has 0 aliphatic carbocycles. The van der Waals surface area contributed by atoms with E-state index in [1.54, 1.807) is 0 Å². The zero-order chi connectivity index (χ0) is 12.0. The zero-order valence-corrected chi connectivity index (χ0v) is 12.3. The predicted molar refractivity (Wildman–Crippen MR) is 79.6 cm³/mol. The number of nitrogens with one attached hydrogen (secondary N) is 1. The summed E-state index contributed by atoms with van der Waals surface area (Å²) in [6.45, 7) is 9.41. The second-order valence-corrected chi connectivity index (χ2v) is 5.22. The molecule has 0 amide bonds. The van der Waals surface area contributed by atoms with E-state index in [4.69, 9.17) is 0 Å². The molecule has 1 atom stereocenters. The van der Waals surface area contributed by atoms with Crippen molar-refractivity contribution < 1.29 is 0 Å². The van der Waals surface area contributed by atoms with Crippen molar-refractivity contribution >= 4 is 22.6 Å². The fourth-order valence-corrected chi connectivity index (χ4v) is 2.28. The van der Waals surface area contributed by atoms with Gasteiger partial charge in [-0.25, -0.2) is 0 Å². The van der Waals surface area contributed by atoms with Gasteiger partial charge < -0.3 is 5.32 Å². The first-order chi connectivity index (χ1) is 7.67. The van der Waals surface area contributed by atoms with Gasteiger partial charge in [-0.2, -0.15) is 0 Å². The first-order valence-electron chi connectivity index (χ1n) is 5.82. The maximum Gasteiger partial charge on any atom is 0.0357 e. The first-order valence-corrected chi connectivity index (χ1v) is 6.90. The normalized spacial score (nSPS) is 12.4. The lowest BCUT2D eigenvalue weighted by Crippen LogP contribution is -2.21. The van der Waals surface area contributed by atoms with Crippen molar-refractivity contribution in [3.63, 3.8) is 0 Å². The van der Waals surface area contributed by atoms with Crippen molar-refractivity contribution in [2.24, 2.45) is 0 Å². The summed E-state index contributed by atoms with van der Waals surface area (Å²) < 4.78 is 1.29. The molecule has 0 heterocycles. The van der Waals surface area contributed by atoms with E-state index >= 15 is 0 Å². The fourth-order valence-electron chi connectivity index (χ4n) is 1.71. The lowest BCUT2D eigenvalue weighted by atomic mass is 9.98. The Morgan fingerprint density at radius 3 is 2.75 bits per heavy atom. The Bertz CT molecular complexity index is 346. The third-order valence-electron chi connectivity index (χ3n) is 2.69. The van der Waals surface area contributed by atoms with Crippen molar-refractivity contribution in [3.05, 3.63) is 45.6 Å². The van der Waals surface area contributed by atoms with Gasteiger partial charge in [0.2, 0.25) is 0 Å². The number of hydrogen-bond acceptors (Lipinski definition) is 1. The van der Waals surface area contributed by atoms with Gasteiger partial charge in [0.25, 0.3) is 0 Å². The van der Waals surface area contributed by atoms with Gasteiger partial charge in [-0.05, 0) is 59.7 Å². The second-order valence-electron chi connectivity index (χ2n) is 3.97. The Balaban J connectivity index is 2.80. The van der Waals surface area contributed by atoms with E-state index in [0.29, 0.717) is 6.04 Å². The van der Waals surface area contributed by atoms with Crippen LogP contribution in [0, 0.1) is 3.57 Å². The van der Waals surface area contributed by atoms with Crippen molar-refractivity contribution in [2.75, 3.05) is 6.54 Å². The molecule has 0 saturated heterocycles. The van der Waals surface area contributed by atoms with Crippen molar-refractivity contribution in [1.82, 2.24) is 5.32 Å². The minimum atomic E-state index is 0.409. The molecule has 0 bridgehead atoms. The average molecular weight is 329 g/mol. The molecule has 16 heavy (non-hydrogen) atoms. The molecule has 1 unspecified atom stereocenters. The van der Waals surface area contributed by atoms with Crippen LogP contribution in [-0.2, 0) is 0 Å². The molecule has 0 fully saturated rings. The van der Waals surface area contributed by atoms with Gasteiger partial charge in [-0.15, -0.1) is 0 Å². The molecule has 2 heteroatoms. The molecule has 0 spiro atoms. The molecule has 0 aliphatic heterocycles. The highest BCUT2D eigenvalue weighted by Gasteiger charge is 2.11. The minimum Gasteiger partial charge on any atom is -0.310 e. The molecule has 0 aliphatic rings. The van der Waals surface area contributed by atoms with Crippen LogP contribution < -0.4 is 5.32 Å². The lowest BCUT2D eigenvalue weighted by molar-refractivity contribution is 0.543. The monoisotopic (exact) mass is 329 g/mol. The van der Waals surface area contributed by atoms with Gasteiger partial charge in [-0.3, -0.25) is 0 Å². The Kier molecular flexibility index (Phi) is 6.06. The van der Waals surface area contributed by atoms with Gasteiger partial charge in [0.1, 0.15) is 0 Å². The molecule has 88 valence electrons. The summed E-state index contributed by atoms with van der Waals surface area (Å²) in [6, 6.07) is 9.10. The van der Waals surface area contributed by atoms with Gasteiger partial charge in [0.15, 0.2) is 0 Å². The van der Waals surface area contributed by atoms with Gasteiger partial charge >= 0.3 is 0 Å². The van der Waals surface area contributed by atoms with Crippen LogP contribution in [0.15, 0.2) is 36.4 Å². The van der Waals surface area contributed by atoms with E-state index in [0.717, 1.165) is 19.4 Å². The quantitative estimate of drug-likeness (QED) is 0.606. The molecule has 1 N–H and O–H groups in total. The van der Waals surface area contributed by atoms with Crippen LogP contribution in [0.5, 0.6) is 0 Å². The van der Waals surface area contributed by atoms with E-state index < -0.39 is 0 Å². The zero-order valence-electron chi connectivity index (χ0n) is 10.1. The lowest BCUT2D eigenvalue weighted by Gasteiger charge is -2.19. The fraction of sp³-hybridized carbons (Fsp3) is 0.429. The smallest absolute Gasteiger partial charge is 0.0357 e. The SMILES string of the molecule is C=C(CC)CC(NCC)c1cccc(I)c1. The summed E-state index contributed by atoms with van der Waals surface area (Å²) in [7, 11) is 0. The Morgan fingerprint density at radius 2 is 2.19 bits per heavy atom. The van der Waals surface area contributed by atoms with E-state index in [2.05, 4.69) is 72.6 Å². The Hall–Kier alpha value is -0.350. The summed E-state index contributed by atoms with van der Waals surface area (Å²) in [5.41, 5.74) is 2.67. The van der Waals surface area contributed by atoms with E-state index in [-0.39, 0.29) is 0 Å². The highest BCUT2D eigenvalue weighted by Crippen LogP contribution is 2.23. The topological polar surface area (TPSA) is 12.0 Å². The van der Waals surface area contributed by atoms with Crippen LogP contribution in [0.1, 0.15) is 38.3 Å². The highest BCUT2D eigenvalue weighted by atomic mass is 127. The van der Waals surface area contributed by atoms with Gasteiger partial charge in [-0.1, -0.05) is 38.1 Å². The molecule has 1 nitrogen and oxygen atoms in total. The maximum atomic E-state index is 4.10. The van der Waals surface area contributed by atoms with Crippen LogP contribution in [-0.4, -0.2) is 6.54 Å². The molecule has 1 rings (SSSR count). The summed E-state index contributed by atoms with van der Waals surface area (Å²) in [4.78, 5) is 0. The molecule has 1 aromatic rings. The van der Waals surface area contributed by atoms with Crippen LogP contribution in [0.4, 0.5) is 0 Å².